The first kappa shape index (κ1) is 22.0. The molecule has 0 spiro atoms. The van der Waals surface area contributed by atoms with E-state index in [0.717, 1.165) is 59.5 Å². The van der Waals surface area contributed by atoms with Gasteiger partial charge in [-0.25, -0.2) is 0 Å². The van der Waals surface area contributed by atoms with E-state index >= 15 is 0 Å². The maximum atomic E-state index is 13.7. The number of benzene rings is 2. The number of H-pyrrole nitrogens is 1. The molecule has 1 saturated carbocycles. The molecule has 0 radical (unpaired) electrons. The number of nitrogens with one attached hydrogen (secondary N) is 1. The van der Waals surface area contributed by atoms with Gasteiger partial charge in [0.2, 0.25) is 0 Å². The maximum Gasteiger partial charge on any atom is 0.256 e. The number of carbonyl (C=O) groups excluding carboxylic acids is 1. The molecule has 3 aromatic rings. The van der Waals surface area contributed by atoms with Crippen LogP contribution in [-0.2, 0) is 6.54 Å². The highest BCUT2D eigenvalue weighted by atomic mass is 16.5. The number of fused-ring (bicyclic) bond motifs is 1. The van der Waals surface area contributed by atoms with Crippen molar-refractivity contribution in [2.45, 2.75) is 52.1 Å². The van der Waals surface area contributed by atoms with Crippen molar-refractivity contribution in [3.8, 4) is 5.75 Å². The van der Waals surface area contributed by atoms with Gasteiger partial charge in [0.1, 0.15) is 5.75 Å². The van der Waals surface area contributed by atoms with Crippen LogP contribution in [0.15, 0.2) is 42.5 Å². The summed E-state index contributed by atoms with van der Waals surface area (Å²) in [6, 6.07) is 14.7. The zero-order chi connectivity index (χ0) is 22.9. The first-order valence-corrected chi connectivity index (χ1v) is 12.3. The van der Waals surface area contributed by atoms with Crippen LogP contribution in [0.3, 0.4) is 0 Å². The molecule has 174 valence electrons. The lowest BCUT2D eigenvalue weighted by Gasteiger charge is -2.29. The van der Waals surface area contributed by atoms with Crippen LogP contribution in [0, 0.1) is 19.8 Å². The first-order chi connectivity index (χ1) is 16.0. The highest BCUT2D eigenvalue weighted by Crippen LogP contribution is 2.32. The summed E-state index contributed by atoms with van der Waals surface area (Å²) in [6.45, 7) is 7.84. The van der Waals surface area contributed by atoms with E-state index in [1.807, 2.05) is 24.3 Å². The second-order valence-electron chi connectivity index (χ2n) is 10.00. The number of nitrogens with zero attached hydrogens (tertiary/aromatic N) is 2. The average Bonchev–Trinajstić information content (AvgIpc) is 3.62. The molecule has 5 nitrogen and oxygen atoms in total. The van der Waals surface area contributed by atoms with E-state index in [9.17, 15) is 4.79 Å². The fraction of sp³-hybridized carbons (Fsp3) is 0.464. The molecule has 5 heteroatoms. The summed E-state index contributed by atoms with van der Waals surface area (Å²) in [6.07, 6.45) is 4.64. The molecule has 2 aliphatic rings. The Morgan fingerprint density at radius 2 is 1.97 bits per heavy atom. The zero-order valence-corrected chi connectivity index (χ0v) is 20.1. The van der Waals surface area contributed by atoms with Crippen molar-refractivity contribution in [2.24, 2.45) is 5.92 Å². The number of ether oxygens (including phenoxy) is 1. The van der Waals surface area contributed by atoms with Gasteiger partial charge in [0.15, 0.2) is 0 Å². The van der Waals surface area contributed by atoms with Gasteiger partial charge in [-0.2, -0.15) is 0 Å². The minimum Gasteiger partial charge on any atom is -0.493 e. The molecule has 1 aromatic heterocycles. The summed E-state index contributed by atoms with van der Waals surface area (Å²) in [5.41, 5.74) is 5.19. The van der Waals surface area contributed by atoms with Crippen LogP contribution < -0.4 is 4.74 Å². The Morgan fingerprint density at radius 3 is 2.76 bits per heavy atom. The number of carbonyl (C=O) groups is 1. The van der Waals surface area contributed by atoms with E-state index in [4.69, 9.17) is 4.74 Å². The van der Waals surface area contributed by atoms with E-state index in [1.165, 1.54) is 24.9 Å². The highest BCUT2D eigenvalue weighted by molar-refractivity contribution is 6.06. The Hall–Kier alpha value is -2.79. The van der Waals surface area contributed by atoms with Crippen LogP contribution in [0.25, 0.3) is 10.9 Å². The lowest BCUT2D eigenvalue weighted by Crippen LogP contribution is -2.34. The molecule has 5 rings (SSSR count). The number of hydrogen-bond donors (Lipinski definition) is 1. The van der Waals surface area contributed by atoms with E-state index < -0.39 is 0 Å². The molecular formula is C28H35N3O2. The number of likely N-dealkylation sites (tertiary alicyclic amines) is 1. The summed E-state index contributed by atoms with van der Waals surface area (Å²) in [4.78, 5) is 21.6. The van der Waals surface area contributed by atoms with Crippen molar-refractivity contribution in [3.63, 3.8) is 0 Å². The van der Waals surface area contributed by atoms with Gasteiger partial charge in [0.25, 0.3) is 5.91 Å². The molecule has 33 heavy (non-hydrogen) atoms. The topological polar surface area (TPSA) is 48.6 Å². The molecule has 1 atom stereocenters. The van der Waals surface area contributed by atoms with Gasteiger partial charge in [0.05, 0.1) is 17.7 Å². The third kappa shape index (κ3) is 4.79. The zero-order valence-electron chi connectivity index (χ0n) is 20.1. The second-order valence-corrected chi connectivity index (χ2v) is 10.00. The van der Waals surface area contributed by atoms with Gasteiger partial charge in [-0.05, 0) is 82.4 Å². The van der Waals surface area contributed by atoms with Crippen molar-refractivity contribution >= 4 is 16.8 Å². The van der Waals surface area contributed by atoms with Crippen molar-refractivity contribution in [2.75, 3.05) is 26.7 Å². The van der Waals surface area contributed by atoms with Crippen LogP contribution in [0.5, 0.6) is 5.75 Å². The monoisotopic (exact) mass is 445 g/mol. The smallest absolute Gasteiger partial charge is 0.256 e. The highest BCUT2D eigenvalue weighted by Gasteiger charge is 2.34. The number of para-hydroxylation sites is 1. The predicted molar refractivity (Wildman–Crippen MR) is 133 cm³/mol. The molecular weight excluding hydrogens is 410 g/mol. The lowest BCUT2D eigenvalue weighted by molar-refractivity contribution is 0.0731. The number of aromatic nitrogens is 1. The van der Waals surface area contributed by atoms with E-state index in [0.29, 0.717) is 18.5 Å². The Kier molecular flexibility index (Phi) is 6.15. The molecule has 1 unspecified atom stereocenters. The Bertz CT molecular complexity index is 1150. The molecule has 2 aromatic carbocycles. The van der Waals surface area contributed by atoms with Gasteiger partial charge in [0, 0.05) is 36.1 Å². The first-order valence-electron chi connectivity index (χ1n) is 12.3. The van der Waals surface area contributed by atoms with Gasteiger partial charge in [-0.15, -0.1) is 0 Å². The summed E-state index contributed by atoms with van der Waals surface area (Å²) < 4.78 is 6.18. The van der Waals surface area contributed by atoms with Gasteiger partial charge >= 0.3 is 0 Å². The van der Waals surface area contributed by atoms with E-state index in [2.05, 4.69) is 53.9 Å². The summed E-state index contributed by atoms with van der Waals surface area (Å²) >= 11 is 0. The summed E-state index contributed by atoms with van der Waals surface area (Å²) in [5.74, 6) is 1.60. The fourth-order valence-electron chi connectivity index (χ4n) is 5.12. The Morgan fingerprint density at radius 1 is 1.15 bits per heavy atom. The average molecular weight is 446 g/mol. The molecule has 2 fully saturated rings. The minimum absolute atomic E-state index is 0.112. The standard InChI is InChI=1S/C28H35N3O2/c1-19-20(2)29-27-25(19)10-5-11-26(27)28(32)31(23-12-13-23)17-21-7-4-9-24(15-21)33-18-22-8-6-14-30(3)16-22/h4-5,7,9-11,15,22-23,29H,6,8,12-14,16-18H2,1-3H3. The molecule has 1 amide bonds. The number of amides is 1. The summed E-state index contributed by atoms with van der Waals surface area (Å²) in [7, 11) is 2.19. The van der Waals surface area contributed by atoms with Crippen LogP contribution in [-0.4, -0.2) is 53.5 Å². The Balaban J connectivity index is 1.32. The summed E-state index contributed by atoms with van der Waals surface area (Å²) in [5, 5.41) is 1.14. The van der Waals surface area contributed by atoms with Crippen molar-refractivity contribution < 1.29 is 9.53 Å². The maximum absolute atomic E-state index is 13.7. The number of aromatic amines is 1. The number of hydrogen-bond acceptors (Lipinski definition) is 3. The molecule has 1 N–H and O–H groups in total. The molecule has 1 aliphatic heterocycles. The van der Waals surface area contributed by atoms with Gasteiger partial charge in [-0.1, -0.05) is 24.3 Å². The lowest BCUT2D eigenvalue weighted by atomic mass is 9.99. The van der Waals surface area contributed by atoms with Crippen molar-refractivity contribution in [1.29, 1.82) is 0 Å². The number of piperidine rings is 1. The number of aryl methyl sites for hydroxylation is 2. The molecule has 1 aliphatic carbocycles. The predicted octanol–water partition coefficient (Wildman–Crippen LogP) is 5.31. The fourth-order valence-corrected chi connectivity index (χ4v) is 5.12. The quantitative estimate of drug-likeness (QED) is 0.536. The Labute approximate surface area is 196 Å². The van der Waals surface area contributed by atoms with E-state index in [-0.39, 0.29) is 5.91 Å². The van der Waals surface area contributed by atoms with Crippen LogP contribution in [0.1, 0.15) is 52.9 Å². The number of rotatable bonds is 7. The van der Waals surface area contributed by atoms with Crippen molar-refractivity contribution in [3.05, 3.63) is 64.8 Å². The van der Waals surface area contributed by atoms with Crippen LogP contribution in [0.4, 0.5) is 0 Å². The van der Waals surface area contributed by atoms with Gasteiger partial charge in [-0.3, -0.25) is 4.79 Å². The van der Waals surface area contributed by atoms with Gasteiger partial charge < -0.3 is 19.5 Å². The second kappa shape index (κ2) is 9.22. The third-order valence-corrected chi connectivity index (χ3v) is 7.28. The molecule has 0 bridgehead atoms. The largest absolute Gasteiger partial charge is 0.493 e. The minimum atomic E-state index is 0.112. The van der Waals surface area contributed by atoms with Crippen LogP contribution >= 0.6 is 0 Å². The van der Waals surface area contributed by atoms with E-state index in [1.54, 1.807) is 0 Å². The molecule has 2 heterocycles. The van der Waals surface area contributed by atoms with Crippen LogP contribution in [0.2, 0.25) is 0 Å². The molecule has 1 saturated heterocycles. The third-order valence-electron chi connectivity index (χ3n) is 7.28. The SMILES string of the molecule is Cc1[nH]c2c(C(=O)N(Cc3cccc(OCC4CCCN(C)C4)c3)C3CC3)cccc2c1C. The normalized spacial score (nSPS) is 19.1. The van der Waals surface area contributed by atoms with Crippen molar-refractivity contribution in [1.82, 2.24) is 14.8 Å².